The molecule has 7 nitrogen and oxygen atoms in total. The maximum atomic E-state index is 13.0. The van der Waals surface area contributed by atoms with Gasteiger partial charge in [0.1, 0.15) is 12.0 Å². The van der Waals surface area contributed by atoms with Crippen LogP contribution in [0.3, 0.4) is 0 Å². The average Bonchev–Trinajstić information content (AvgIpc) is 3.21. The summed E-state index contributed by atoms with van der Waals surface area (Å²) in [5.41, 5.74) is 1.97. The molecule has 2 atom stereocenters. The fourth-order valence-corrected chi connectivity index (χ4v) is 2.66. The molecule has 2 unspecified atom stereocenters. The van der Waals surface area contributed by atoms with E-state index in [9.17, 15) is 9.18 Å². The van der Waals surface area contributed by atoms with Crippen LogP contribution in [0.5, 0.6) is 5.88 Å². The van der Waals surface area contributed by atoms with Crippen LogP contribution in [-0.4, -0.2) is 38.9 Å². The third-order valence-electron chi connectivity index (χ3n) is 4.04. The number of ether oxygens (including phenoxy) is 1. The van der Waals surface area contributed by atoms with Crippen LogP contribution in [0.2, 0.25) is 0 Å². The standard InChI is InChI=1S/C17H16FN5O2.2H2/c1-2-25-17-10(4-3-7-19-17)14-9-5-6-13(20-15(9)23-22-14)21-16(24)11-8-12(11)18;;/h3-7,11-12H,2,8H2,1H3,(H2,20,21,22,23,24);2*1H. The van der Waals surface area contributed by atoms with Crippen molar-refractivity contribution in [2.45, 2.75) is 19.5 Å². The zero-order valence-electron chi connectivity index (χ0n) is 13.5. The molecule has 3 aromatic rings. The third-order valence-corrected chi connectivity index (χ3v) is 4.04. The van der Waals surface area contributed by atoms with Crippen molar-refractivity contribution in [3.05, 3.63) is 30.5 Å². The van der Waals surface area contributed by atoms with Gasteiger partial charge in [0, 0.05) is 14.4 Å². The summed E-state index contributed by atoms with van der Waals surface area (Å²) in [6.07, 6.45) is 0.903. The van der Waals surface area contributed by atoms with Crippen molar-refractivity contribution in [2.75, 3.05) is 11.9 Å². The number of fused-ring (bicyclic) bond motifs is 1. The van der Waals surface area contributed by atoms with Gasteiger partial charge in [-0.15, -0.1) is 0 Å². The van der Waals surface area contributed by atoms with Crippen molar-refractivity contribution in [1.82, 2.24) is 20.2 Å². The largest absolute Gasteiger partial charge is 0.477 e. The molecule has 4 rings (SSSR count). The molecular weight excluding hydrogens is 325 g/mol. The Morgan fingerprint density at radius 1 is 1.48 bits per heavy atom. The van der Waals surface area contributed by atoms with Gasteiger partial charge < -0.3 is 10.1 Å². The molecule has 1 aliphatic carbocycles. The highest BCUT2D eigenvalue weighted by Gasteiger charge is 2.43. The molecule has 1 aliphatic rings. The highest BCUT2D eigenvalue weighted by Crippen LogP contribution is 2.35. The molecule has 3 heterocycles. The van der Waals surface area contributed by atoms with E-state index in [1.165, 1.54) is 0 Å². The number of anilines is 1. The molecule has 0 saturated heterocycles. The number of nitrogens with zero attached hydrogens (tertiary/aromatic N) is 3. The first-order valence-electron chi connectivity index (χ1n) is 8.05. The Kier molecular flexibility index (Phi) is 3.79. The predicted octanol–water partition coefficient (Wildman–Crippen LogP) is 3.21. The minimum absolute atomic E-state index is 0. The van der Waals surface area contributed by atoms with Crippen molar-refractivity contribution in [2.24, 2.45) is 5.92 Å². The van der Waals surface area contributed by atoms with Crippen LogP contribution in [-0.2, 0) is 4.79 Å². The Labute approximate surface area is 145 Å². The molecule has 132 valence electrons. The minimum atomic E-state index is -1.04. The summed E-state index contributed by atoms with van der Waals surface area (Å²) in [6.45, 7) is 2.39. The SMILES string of the molecule is CCOc1ncccc1-c1[nH]nc2nc(NC(=O)C3CC3F)ccc12.[HH].[HH]. The van der Waals surface area contributed by atoms with Gasteiger partial charge in [-0.1, -0.05) is 0 Å². The van der Waals surface area contributed by atoms with Crippen LogP contribution in [0, 0.1) is 5.92 Å². The lowest BCUT2D eigenvalue weighted by Gasteiger charge is -2.07. The summed E-state index contributed by atoms with van der Waals surface area (Å²) >= 11 is 0. The van der Waals surface area contributed by atoms with Crippen LogP contribution in [0.4, 0.5) is 10.2 Å². The zero-order valence-corrected chi connectivity index (χ0v) is 13.5. The maximum Gasteiger partial charge on any atom is 0.231 e. The van der Waals surface area contributed by atoms with E-state index in [1.807, 2.05) is 19.1 Å². The first kappa shape index (κ1) is 15.5. The molecule has 8 heteroatoms. The lowest BCUT2D eigenvalue weighted by atomic mass is 10.1. The predicted molar refractivity (Wildman–Crippen MR) is 94.1 cm³/mol. The van der Waals surface area contributed by atoms with Gasteiger partial charge in [-0.2, -0.15) is 5.10 Å². The molecule has 0 bridgehead atoms. The summed E-state index contributed by atoms with van der Waals surface area (Å²) < 4.78 is 18.5. The number of aromatic amines is 1. The van der Waals surface area contributed by atoms with Gasteiger partial charge in [-0.3, -0.25) is 9.89 Å². The van der Waals surface area contributed by atoms with Crippen LogP contribution in [0.15, 0.2) is 30.5 Å². The van der Waals surface area contributed by atoms with Gasteiger partial charge in [-0.05, 0) is 37.6 Å². The van der Waals surface area contributed by atoms with Gasteiger partial charge in [-0.25, -0.2) is 14.4 Å². The van der Waals surface area contributed by atoms with Crippen LogP contribution in [0.1, 0.15) is 16.2 Å². The normalized spacial score (nSPS) is 19.0. The fraction of sp³-hybridized carbons (Fsp3) is 0.294. The summed E-state index contributed by atoms with van der Waals surface area (Å²) in [7, 11) is 0. The lowest BCUT2D eigenvalue weighted by molar-refractivity contribution is -0.117. The van der Waals surface area contributed by atoms with E-state index in [2.05, 4.69) is 25.5 Å². The number of carbonyl (C=O) groups excluding carboxylic acids is 1. The molecule has 1 saturated carbocycles. The number of nitrogens with one attached hydrogen (secondary N) is 2. The van der Waals surface area contributed by atoms with E-state index in [0.29, 0.717) is 24.0 Å². The summed E-state index contributed by atoms with van der Waals surface area (Å²) in [5, 5.41) is 10.5. The van der Waals surface area contributed by atoms with Gasteiger partial charge in [0.15, 0.2) is 5.65 Å². The monoisotopic (exact) mass is 345 g/mol. The Bertz CT molecular complexity index is 952. The van der Waals surface area contributed by atoms with Gasteiger partial charge >= 0.3 is 0 Å². The van der Waals surface area contributed by atoms with Crippen molar-refractivity contribution < 1.29 is 16.8 Å². The van der Waals surface area contributed by atoms with Crippen molar-refractivity contribution in [1.29, 1.82) is 0 Å². The number of carbonyl (C=O) groups is 1. The molecular formula is C17H20FN5O2. The van der Waals surface area contributed by atoms with E-state index in [1.54, 1.807) is 18.3 Å². The van der Waals surface area contributed by atoms with Crippen LogP contribution < -0.4 is 10.1 Å². The number of rotatable bonds is 5. The van der Waals surface area contributed by atoms with E-state index in [-0.39, 0.29) is 15.2 Å². The van der Waals surface area contributed by atoms with Crippen molar-refractivity contribution >= 4 is 22.8 Å². The number of hydrogen-bond acceptors (Lipinski definition) is 5. The number of alkyl halides is 1. The Balaban J connectivity index is 0.00000131. The number of H-pyrrole nitrogens is 1. The highest BCUT2D eigenvalue weighted by atomic mass is 19.1. The molecule has 1 fully saturated rings. The van der Waals surface area contributed by atoms with E-state index < -0.39 is 12.1 Å². The fourth-order valence-electron chi connectivity index (χ4n) is 2.66. The molecule has 0 aromatic carbocycles. The molecule has 2 N–H and O–H groups in total. The molecule has 0 spiro atoms. The number of amides is 1. The van der Waals surface area contributed by atoms with Crippen LogP contribution in [0.25, 0.3) is 22.3 Å². The smallest absolute Gasteiger partial charge is 0.231 e. The van der Waals surface area contributed by atoms with Gasteiger partial charge in [0.2, 0.25) is 11.8 Å². The minimum Gasteiger partial charge on any atom is -0.477 e. The number of halogens is 1. The quantitative estimate of drug-likeness (QED) is 0.741. The second kappa shape index (κ2) is 6.12. The Morgan fingerprint density at radius 2 is 2.32 bits per heavy atom. The maximum absolute atomic E-state index is 13.0. The van der Waals surface area contributed by atoms with Crippen LogP contribution >= 0.6 is 0 Å². The summed E-state index contributed by atoms with van der Waals surface area (Å²) in [5.74, 6) is -0.0427. The van der Waals surface area contributed by atoms with E-state index in [4.69, 9.17) is 4.74 Å². The number of aromatic nitrogens is 4. The van der Waals surface area contributed by atoms with Gasteiger partial charge in [0.05, 0.1) is 23.8 Å². The average molecular weight is 345 g/mol. The number of hydrogen-bond donors (Lipinski definition) is 2. The third kappa shape index (κ3) is 2.90. The van der Waals surface area contributed by atoms with E-state index in [0.717, 1.165) is 16.6 Å². The second-order valence-corrected chi connectivity index (χ2v) is 5.80. The zero-order chi connectivity index (χ0) is 17.4. The highest BCUT2D eigenvalue weighted by molar-refractivity contribution is 5.97. The lowest BCUT2D eigenvalue weighted by Crippen LogP contribution is -2.15. The first-order valence-corrected chi connectivity index (χ1v) is 8.05. The van der Waals surface area contributed by atoms with Gasteiger partial charge in [0.25, 0.3) is 0 Å². The summed E-state index contributed by atoms with van der Waals surface area (Å²) in [6, 6.07) is 7.18. The Hall–Kier alpha value is -3.03. The molecule has 0 radical (unpaired) electrons. The number of pyridine rings is 2. The first-order chi connectivity index (χ1) is 12.2. The molecule has 3 aromatic heterocycles. The van der Waals surface area contributed by atoms with Crippen molar-refractivity contribution in [3.63, 3.8) is 0 Å². The second-order valence-electron chi connectivity index (χ2n) is 5.80. The van der Waals surface area contributed by atoms with Crippen molar-refractivity contribution in [3.8, 4) is 17.1 Å². The molecule has 25 heavy (non-hydrogen) atoms. The molecule has 0 aliphatic heterocycles. The molecule has 1 amide bonds. The van der Waals surface area contributed by atoms with E-state index >= 15 is 0 Å². The Morgan fingerprint density at radius 3 is 3.08 bits per heavy atom. The topological polar surface area (TPSA) is 92.8 Å². The summed E-state index contributed by atoms with van der Waals surface area (Å²) in [4.78, 5) is 20.4.